The lowest BCUT2D eigenvalue weighted by molar-refractivity contribution is -0.189. The van der Waals surface area contributed by atoms with E-state index in [0.717, 1.165) is 50.7 Å². The zero-order valence-electron chi connectivity index (χ0n) is 16.8. The van der Waals surface area contributed by atoms with Crippen molar-refractivity contribution in [1.29, 1.82) is 0 Å². The van der Waals surface area contributed by atoms with Gasteiger partial charge in [-0.25, -0.2) is 0 Å². The molecule has 154 valence electrons. The standard InChI is InChI=1S/C23H33NO4/c1-2-22-8-5-17-16-4-3-15(24-27)12-18(16)14(13-25)11-19(17)20(22)6-9-23(22)10-7-21(26)28-23/h7,10,12,14,16-17,19-21,25-27H,2-6,8-9,11,13H2,1H3/b24-15+/t14-,16-,17?,19?,20?,21?,22+,23-/m1/s1. The van der Waals surface area contributed by atoms with Gasteiger partial charge in [-0.2, -0.15) is 0 Å². The molecule has 5 nitrogen and oxygen atoms in total. The van der Waals surface area contributed by atoms with Crippen LogP contribution in [0.4, 0.5) is 0 Å². The number of fused-ring (bicyclic) bond motifs is 6. The van der Waals surface area contributed by atoms with Crippen LogP contribution in [-0.4, -0.2) is 39.6 Å². The summed E-state index contributed by atoms with van der Waals surface area (Å²) in [5.74, 6) is 2.55. The molecule has 1 spiro atoms. The van der Waals surface area contributed by atoms with Crippen molar-refractivity contribution in [2.75, 3.05) is 6.61 Å². The van der Waals surface area contributed by atoms with E-state index in [1.54, 1.807) is 0 Å². The highest BCUT2D eigenvalue weighted by molar-refractivity contribution is 5.96. The van der Waals surface area contributed by atoms with Gasteiger partial charge in [0.15, 0.2) is 6.29 Å². The van der Waals surface area contributed by atoms with E-state index < -0.39 is 6.29 Å². The minimum Gasteiger partial charge on any atom is -0.411 e. The Hall–Kier alpha value is -1.17. The third-order valence-corrected chi connectivity index (χ3v) is 9.23. The first-order valence-electron chi connectivity index (χ1n) is 11.2. The second-order valence-corrected chi connectivity index (χ2v) is 9.77. The van der Waals surface area contributed by atoms with Gasteiger partial charge in [0.2, 0.25) is 0 Å². The van der Waals surface area contributed by atoms with Crippen LogP contribution < -0.4 is 0 Å². The van der Waals surface area contributed by atoms with Crippen LogP contribution in [0, 0.1) is 35.0 Å². The van der Waals surface area contributed by atoms with Crippen molar-refractivity contribution in [1.82, 2.24) is 0 Å². The number of hydrogen-bond donors (Lipinski definition) is 3. The quantitative estimate of drug-likeness (QED) is 0.384. The summed E-state index contributed by atoms with van der Waals surface area (Å²) in [5.41, 5.74) is 1.90. The zero-order valence-corrected chi connectivity index (χ0v) is 16.8. The molecule has 5 aliphatic rings. The lowest BCUT2D eigenvalue weighted by Crippen LogP contribution is -2.55. The molecular formula is C23H33NO4. The van der Waals surface area contributed by atoms with Gasteiger partial charge in [0, 0.05) is 17.9 Å². The van der Waals surface area contributed by atoms with Crippen LogP contribution in [0.5, 0.6) is 0 Å². The van der Waals surface area contributed by atoms with Crippen molar-refractivity contribution in [3.8, 4) is 0 Å². The van der Waals surface area contributed by atoms with Crippen LogP contribution >= 0.6 is 0 Å². The molecule has 8 atom stereocenters. The van der Waals surface area contributed by atoms with Gasteiger partial charge < -0.3 is 20.2 Å². The van der Waals surface area contributed by atoms with Crippen LogP contribution in [-0.2, 0) is 4.74 Å². The maximum Gasteiger partial charge on any atom is 0.175 e. The van der Waals surface area contributed by atoms with E-state index in [2.05, 4.69) is 24.2 Å². The molecule has 5 rings (SSSR count). The smallest absolute Gasteiger partial charge is 0.175 e. The Morgan fingerprint density at radius 2 is 2.07 bits per heavy atom. The number of aliphatic hydroxyl groups is 2. The lowest BCUT2D eigenvalue weighted by atomic mass is 9.48. The Kier molecular flexibility index (Phi) is 4.49. The number of hydrogen-bond acceptors (Lipinski definition) is 5. The summed E-state index contributed by atoms with van der Waals surface area (Å²) in [6.07, 6.45) is 13.8. The van der Waals surface area contributed by atoms with Crippen molar-refractivity contribution in [2.24, 2.45) is 40.2 Å². The number of allylic oxidation sites excluding steroid dienone is 1. The third kappa shape index (κ3) is 2.39. The Bertz CT molecular complexity index is 730. The van der Waals surface area contributed by atoms with E-state index in [4.69, 9.17) is 4.74 Å². The first-order chi connectivity index (χ1) is 13.6. The third-order valence-electron chi connectivity index (χ3n) is 9.23. The summed E-state index contributed by atoms with van der Waals surface area (Å²) in [5, 5.41) is 33.0. The molecule has 0 aromatic carbocycles. The molecule has 0 amide bonds. The van der Waals surface area contributed by atoms with Gasteiger partial charge in [0.05, 0.1) is 11.3 Å². The molecule has 0 aromatic heterocycles. The molecule has 5 heteroatoms. The van der Waals surface area contributed by atoms with Crippen LogP contribution in [0.1, 0.15) is 58.3 Å². The van der Waals surface area contributed by atoms with E-state index in [9.17, 15) is 15.4 Å². The van der Waals surface area contributed by atoms with Crippen LogP contribution in [0.2, 0.25) is 0 Å². The Morgan fingerprint density at radius 3 is 2.75 bits per heavy atom. The molecular weight excluding hydrogens is 354 g/mol. The second kappa shape index (κ2) is 6.68. The van der Waals surface area contributed by atoms with Gasteiger partial charge in [-0.05, 0) is 87.2 Å². The minimum absolute atomic E-state index is 0.107. The van der Waals surface area contributed by atoms with Crippen LogP contribution in [0.25, 0.3) is 0 Å². The number of aliphatic hydroxyl groups excluding tert-OH is 2. The Morgan fingerprint density at radius 1 is 1.21 bits per heavy atom. The van der Waals surface area contributed by atoms with E-state index >= 15 is 0 Å². The average Bonchev–Trinajstić information content (AvgIpc) is 3.27. The van der Waals surface area contributed by atoms with Crippen molar-refractivity contribution in [3.05, 3.63) is 23.8 Å². The molecule has 0 radical (unpaired) electrons. The van der Waals surface area contributed by atoms with Gasteiger partial charge >= 0.3 is 0 Å². The predicted molar refractivity (Wildman–Crippen MR) is 106 cm³/mol. The van der Waals surface area contributed by atoms with Crippen molar-refractivity contribution in [2.45, 2.75) is 70.2 Å². The van der Waals surface area contributed by atoms with E-state index in [-0.39, 0.29) is 23.5 Å². The molecule has 28 heavy (non-hydrogen) atoms. The molecule has 1 aliphatic heterocycles. The fourth-order valence-corrected chi connectivity index (χ4v) is 8.15. The van der Waals surface area contributed by atoms with Gasteiger partial charge in [0.1, 0.15) is 0 Å². The topological polar surface area (TPSA) is 82.3 Å². The lowest BCUT2D eigenvalue weighted by Gasteiger charge is -2.58. The minimum atomic E-state index is -0.763. The molecule has 3 saturated carbocycles. The monoisotopic (exact) mass is 387 g/mol. The Balaban J connectivity index is 1.50. The SMILES string of the molecule is CC[C@]12CCC3C(C[C@H](CO)C4=C/C(=N/O)CC[C@@H]43)C1CC[C@@]21C=CC(O)O1. The number of rotatable bonds is 2. The van der Waals surface area contributed by atoms with E-state index in [1.165, 1.54) is 12.0 Å². The molecule has 0 bridgehead atoms. The highest BCUT2D eigenvalue weighted by atomic mass is 16.6. The van der Waals surface area contributed by atoms with Gasteiger partial charge in [-0.1, -0.05) is 23.7 Å². The summed E-state index contributed by atoms with van der Waals surface area (Å²) in [7, 11) is 0. The summed E-state index contributed by atoms with van der Waals surface area (Å²) < 4.78 is 6.18. The fourth-order valence-electron chi connectivity index (χ4n) is 8.15. The summed E-state index contributed by atoms with van der Waals surface area (Å²) in [6.45, 7) is 2.47. The van der Waals surface area contributed by atoms with Gasteiger partial charge in [-0.15, -0.1) is 0 Å². The van der Waals surface area contributed by atoms with Crippen molar-refractivity contribution >= 4 is 5.71 Å². The average molecular weight is 388 g/mol. The summed E-state index contributed by atoms with van der Waals surface area (Å²) in [6, 6.07) is 0. The van der Waals surface area contributed by atoms with E-state index in [1.807, 2.05) is 6.08 Å². The maximum absolute atomic E-state index is 10.2. The number of oxime groups is 1. The molecule has 3 fully saturated rings. The summed E-state index contributed by atoms with van der Waals surface area (Å²) in [4.78, 5) is 0. The maximum atomic E-state index is 10.2. The number of nitrogens with zero attached hydrogens (tertiary/aromatic N) is 1. The number of ether oxygens (including phenoxy) is 1. The second-order valence-electron chi connectivity index (χ2n) is 9.77. The zero-order chi connectivity index (χ0) is 19.5. The molecule has 3 N–H and O–H groups in total. The largest absolute Gasteiger partial charge is 0.411 e. The van der Waals surface area contributed by atoms with Gasteiger partial charge in [-0.3, -0.25) is 0 Å². The molecule has 4 unspecified atom stereocenters. The fraction of sp³-hybridized carbons (Fsp3) is 0.783. The summed E-state index contributed by atoms with van der Waals surface area (Å²) >= 11 is 0. The molecule has 0 aromatic rings. The normalized spacial score (nSPS) is 51.1. The Labute approximate surface area is 167 Å². The molecule has 4 aliphatic carbocycles. The van der Waals surface area contributed by atoms with Crippen LogP contribution in [0.3, 0.4) is 0 Å². The van der Waals surface area contributed by atoms with Gasteiger partial charge in [0.25, 0.3) is 0 Å². The molecule has 1 heterocycles. The highest BCUT2D eigenvalue weighted by Gasteiger charge is 2.65. The van der Waals surface area contributed by atoms with Crippen LogP contribution in [0.15, 0.2) is 29.0 Å². The van der Waals surface area contributed by atoms with Crippen molar-refractivity contribution in [3.63, 3.8) is 0 Å². The molecule has 0 saturated heterocycles. The highest BCUT2D eigenvalue weighted by Crippen LogP contribution is 2.68. The first-order valence-corrected chi connectivity index (χ1v) is 11.2. The predicted octanol–water partition coefficient (Wildman–Crippen LogP) is 3.64. The van der Waals surface area contributed by atoms with E-state index in [0.29, 0.717) is 23.7 Å². The van der Waals surface area contributed by atoms with Crippen molar-refractivity contribution < 1.29 is 20.2 Å². The first kappa shape index (κ1) is 18.8.